The van der Waals surface area contributed by atoms with Gasteiger partial charge in [0, 0.05) is 12.6 Å². The normalized spacial score (nSPS) is 21.1. The quantitative estimate of drug-likeness (QED) is 0.739. The number of carbonyl (C=O) groups is 2. The lowest BCUT2D eigenvalue weighted by Crippen LogP contribution is -2.44. The van der Waals surface area contributed by atoms with Crippen molar-refractivity contribution in [1.82, 2.24) is 4.90 Å². The summed E-state index contributed by atoms with van der Waals surface area (Å²) in [6.45, 7) is 8.42. The van der Waals surface area contributed by atoms with Gasteiger partial charge in [0.25, 0.3) is 0 Å². The summed E-state index contributed by atoms with van der Waals surface area (Å²) in [5.74, 6) is -0.426. The van der Waals surface area contributed by atoms with Crippen LogP contribution in [0.25, 0.3) is 0 Å². The number of nitrogens with zero attached hydrogens (tertiary/aromatic N) is 1. The fraction of sp³-hybridized carbons (Fsp3) is 0.600. The molecule has 1 heterocycles. The molecule has 138 valence electrons. The molecule has 5 nitrogen and oxygen atoms in total. The number of likely N-dealkylation sites (tertiary alicyclic amines) is 1. The molecule has 1 aromatic rings. The van der Waals surface area contributed by atoms with Crippen LogP contribution < -0.4 is 0 Å². The van der Waals surface area contributed by atoms with Gasteiger partial charge in [0.05, 0.1) is 13.0 Å². The molecule has 0 bridgehead atoms. The molecular formula is C20H29NO4. The van der Waals surface area contributed by atoms with E-state index in [0.717, 1.165) is 12.0 Å². The molecule has 1 aliphatic heterocycles. The molecule has 0 spiro atoms. The van der Waals surface area contributed by atoms with Crippen LogP contribution in [-0.4, -0.2) is 41.1 Å². The third kappa shape index (κ3) is 5.85. The average Bonchev–Trinajstić information content (AvgIpc) is 2.89. The summed E-state index contributed by atoms with van der Waals surface area (Å²) in [5.41, 5.74) is 0.598. The Balaban J connectivity index is 2.14. The van der Waals surface area contributed by atoms with Crippen LogP contribution in [0.5, 0.6) is 0 Å². The number of hydrogen-bond acceptors (Lipinski definition) is 5. The Morgan fingerprint density at radius 3 is 2.44 bits per heavy atom. The zero-order valence-corrected chi connectivity index (χ0v) is 15.7. The molecule has 0 radical (unpaired) electrons. The van der Waals surface area contributed by atoms with Gasteiger partial charge in [-0.1, -0.05) is 30.3 Å². The number of esters is 2. The van der Waals surface area contributed by atoms with Gasteiger partial charge < -0.3 is 9.47 Å². The molecule has 1 fully saturated rings. The Morgan fingerprint density at radius 2 is 1.84 bits per heavy atom. The van der Waals surface area contributed by atoms with Gasteiger partial charge in [-0.25, -0.2) is 0 Å². The summed E-state index contributed by atoms with van der Waals surface area (Å²) < 4.78 is 10.7. The maximum Gasteiger partial charge on any atom is 0.323 e. The third-order valence-electron chi connectivity index (χ3n) is 4.24. The second-order valence-corrected chi connectivity index (χ2v) is 7.45. The highest BCUT2D eigenvalue weighted by Gasteiger charge is 2.40. The minimum Gasteiger partial charge on any atom is -0.466 e. The van der Waals surface area contributed by atoms with Crippen molar-refractivity contribution in [2.45, 2.75) is 71.2 Å². The van der Waals surface area contributed by atoms with Gasteiger partial charge >= 0.3 is 11.9 Å². The Bertz CT molecular complexity index is 579. The van der Waals surface area contributed by atoms with Crippen LogP contribution in [0.2, 0.25) is 0 Å². The highest BCUT2D eigenvalue weighted by molar-refractivity contribution is 5.77. The summed E-state index contributed by atoms with van der Waals surface area (Å²) in [6, 6.07) is 9.67. The first-order valence-corrected chi connectivity index (χ1v) is 8.98. The summed E-state index contributed by atoms with van der Waals surface area (Å²) in [5, 5.41) is 0. The topological polar surface area (TPSA) is 55.8 Å². The first kappa shape index (κ1) is 19.4. The molecule has 0 aromatic heterocycles. The van der Waals surface area contributed by atoms with Crippen LogP contribution in [0.15, 0.2) is 30.3 Å². The standard InChI is InChI=1S/C20H29NO4/c1-5-24-18(22)13-16-11-12-17(19(23)25-20(2,3)4)21(16)14-15-9-7-6-8-10-15/h6-10,16-17H,5,11-14H2,1-4H3/t16-,17-/m0/s1. The number of carbonyl (C=O) groups excluding carboxylic acids is 2. The van der Waals surface area contributed by atoms with Gasteiger partial charge in [0.1, 0.15) is 11.6 Å². The predicted octanol–water partition coefficient (Wildman–Crippen LogP) is 3.31. The van der Waals surface area contributed by atoms with E-state index < -0.39 is 5.60 Å². The minimum atomic E-state index is -0.519. The molecule has 1 aromatic carbocycles. The van der Waals surface area contributed by atoms with Crippen LogP contribution in [0.1, 0.15) is 52.5 Å². The molecule has 0 unspecified atom stereocenters. The van der Waals surface area contributed by atoms with Gasteiger partial charge in [-0.3, -0.25) is 14.5 Å². The number of benzene rings is 1. The van der Waals surface area contributed by atoms with E-state index in [1.54, 1.807) is 6.92 Å². The molecule has 0 N–H and O–H groups in total. The maximum atomic E-state index is 12.6. The van der Waals surface area contributed by atoms with Crippen molar-refractivity contribution in [1.29, 1.82) is 0 Å². The lowest BCUT2D eigenvalue weighted by molar-refractivity contribution is -0.161. The first-order valence-electron chi connectivity index (χ1n) is 8.98. The van der Waals surface area contributed by atoms with E-state index in [0.29, 0.717) is 26.0 Å². The Labute approximate surface area is 150 Å². The van der Waals surface area contributed by atoms with Crippen molar-refractivity contribution in [2.75, 3.05) is 6.61 Å². The average molecular weight is 347 g/mol. The SMILES string of the molecule is CCOC(=O)C[C@@H]1CC[C@@H](C(=O)OC(C)(C)C)N1Cc1ccccc1. The van der Waals surface area contributed by atoms with Crippen molar-refractivity contribution < 1.29 is 19.1 Å². The van der Waals surface area contributed by atoms with Gasteiger partial charge in [-0.05, 0) is 46.1 Å². The predicted molar refractivity (Wildman–Crippen MR) is 95.9 cm³/mol. The van der Waals surface area contributed by atoms with E-state index >= 15 is 0 Å². The largest absolute Gasteiger partial charge is 0.466 e. The molecule has 0 amide bonds. The van der Waals surface area contributed by atoms with E-state index in [1.807, 2.05) is 51.1 Å². The zero-order valence-electron chi connectivity index (χ0n) is 15.7. The van der Waals surface area contributed by atoms with Crippen LogP contribution >= 0.6 is 0 Å². The fourth-order valence-electron chi connectivity index (χ4n) is 3.22. The Kier molecular flexibility index (Phi) is 6.59. The van der Waals surface area contributed by atoms with Gasteiger partial charge in [-0.2, -0.15) is 0 Å². The van der Waals surface area contributed by atoms with Crippen molar-refractivity contribution in [3.63, 3.8) is 0 Å². The van der Waals surface area contributed by atoms with E-state index in [4.69, 9.17) is 9.47 Å². The summed E-state index contributed by atoms with van der Waals surface area (Å²) in [4.78, 5) is 26.7. The molecule has 5 heteroatoms. The van der Waals surface area contributed by atoms with Crippen molar-refractivity contribution in [3.8, 4) is 0 Å². The first-order chi connectivity index (χ1) is 11.8. The van der Waals surface area contributed by atoms with Crippen LogP contribution in [-0.2, 0) is 25.6 Å². The lowest BCUT2D eigenvalue weighted by atomic mass is 10.1. The molecule has 1 aliphatic rings. The molecule has 1 saturated heterocycles. The Hall–Kier alpha value is -1.88. The number of rotatable bonds is 6. The highest BCUT2D eigenvalue weighted by atomic mass is 16.6. The summed E-state index contributed by atoms with van der Waals surface area (Å²) in [7, 11) is 0. The van der Waals surface area contributed by atoms with Crippen molar-refractivity contribution in [3.05, 3.63) is 35.9 Å². The minimum absolute atomic E-state index is 0.00299. The van der Waals surface area contributed by atoms with E-state index in [1.165, 1.54) is 0 Å². The van der Waals surface area contributed by atoms with E-state index in [9.17, 15) is 9.59 Å². The summed E-state index contributed by atoms with van der Waals surface area (Å²) >= 11 is 0. The van der Waals surface area contributed by atoms with E-state index in [-0.39, 0.29) is 24.0 Å². The fourth-order valence-corrected chi connectivity index (χ4v) is 3.22. The molecular weight excluding hydrogens is 318 g/mol. The van der Waals surface area contributed by atoms with Gasteiger partial charge in [0.2, 0.25) is 0 Å². The lowest BCUT2D eigenvalue weighted by Gasteiger charge is -2.31. The van der Waals surface area contributed by atoms with Crippen LogP contribution in [0.3, 0.4) is 0 Å². The van der Waals surface area contributed by atoms with Gasteiger partial charge in [0.15, 0.2) is 0 Å². The van der Waals surface area contributed by atoms with Crippen LogP contribution in [0.4, 0.5) is 0 Å². The molecule has 0 aliphatic carbocycles. The third-order valence-corrected chi connectivity index (χ3v) is 4.24. The molecule has 2 atom stereocenters. The molecule has 2 rings (SSSR count). The number of hydrogen-bond donors (Lipinski definition) is 0. The second-order valence-electron chi connectivity index (χ2n) is 7.45. The van der Waals surface area contributed by atoms with Crippen molar-refractivity contribution >= 4 is 11.9 Å². The van der Waals surface area contributed by atoms with Gasteiger partial charge in [-0.15, -0.1) is 0 Å². The highest BCUT2D eigenvalue weighted by Crippen LogP contribution is 2.30. The zero-order chi connectivity index (χ0) is 18.4. The number of ether oxygens (including phenoxy) is 2. The van der Waals surface area contributed by atoms with Crippen molar-refractivity contribution in [2.24, 2.45) is 0 Å². The van der Waals surface area contributed by atoms with E-state index in [2.05, 4.69) is 4.90 Å². The Morgan fingerprint density at radius 1 is 1.16 bits per heavy atom. The smallest absolute Gasteiger partial charge is 0.323 e. The summed E-state index contributed by atoms with van der Waals surface area (Å²) in [6.07, 6.45) is 1.79. The molecule has 0 saturated carbocycles. The van der Waals surface area contributed by atoms with Crippen LogP contribution in [0, 0.1) is 0 Å². The second kappa shape index (κ2) is 8.48. The molecule has 25 heavy (non-hydrogen) atoms. The maximum absolute atomic E-state index is 12.6. The monoisotopic (exact) mass is 347 g/mol.